The highest BCUT2D eigenvalue weighted by molar-refractivity contribution is 7.81. The normalized spacial score (nSPS) is 48.6. The molecule has 6 fully saturated rings. The summed E-state index contributed by atoms with van der Waals surface area (Å²) in [5, 5.41) is 46.0. The van der Waals surface area contributed by atoms with Gasteiger partial charge in [-0.2, -0.15) is 25.3 Å². The molecule has 1 aliphatic heterocycles. The molecule has 9 rings (SSSR count). The minimum absolute atomic E-state index is 0.0328. The van der Waals surface area contributed by atoms with Crippen molar-refractivity contribution in [2.45, 2.75) is 240 Å². The molecule has 436 valence electrons. The van der Waals surface area contributed by atoms with E-state index in [1.165, 1.54) is 16.7 Å². The van der Waals surface area contributed by atoms with Crippen LogP contribution in [0.4, 0.5) is 0 Å². The van der Waals surface area contributed by atoms with Crippen molar-refractivity contribution >= 4 is 31.2 Å². The molecule has 0 aromatic rings. The van der Waals surface area contributed by atoms with E-state index in [2.05, 4.69) is 55.4 Å². The summed E-state index contributed by atoms with van der Waals surface area (Å²) >= 11 is 0. The van der Waals surface area contributed by atoms with E-state index >= 15 is 0 Å². The molecule has 0 aromatic heterocycles. The first-order valence-corrected chi connectivity index (χ1v) is 32.8. The minimum Gasteiger partial charge on any atom is -0.390 e. The first-order valence-electron chi connectivity index (χ1n) is 28.7. The fourth-order valence-corrected chi connectivity index (χ4v) is 21.6. The predicted molar refractivity (Wildman–Crippen MR) is 283 cm³/mol. The smallest absolute Gasteiger partial charge is 0.390 e. The van der Waals surface area contributed by atoms with Gasteiger partial charge in [-0.3, -0.25) is 13.7 Å². The molecule has 0 bridgehead atoms. The Hall–Kier alpha value is -1.11. The lowest BCUT2D eigenvalue weighted by atomic mass is 9.47. The van der Waals surface area contributed by atoms with Crippen LogP contribution in [-0.4, -0.2) is 114 Å². The molecule has 0 aromatic carbocycles. The first kappa shape index (κ1) is 59.5. The summed E-state index contributed by atoms with van der Waals surface area (Å²) in [5.41, 5.74) is 1.60. The van der Waals surface area contributed by atoms with Gasteiger partial charge in [0.2, 0.25) is 0 Å². The number of ether oxygens (including phenoxy) is 1. The quantitative estimate of drug-likeness (QED) is 0.0710. The third-order valence-electron chi connectivity index (χ3n) is 23.9. The summed E-state index contributed by atoms with van der Waals surface area (Å²) in [7, 11) is -14.6. The summed E-state index contributed by atoms with van der Waals surface area (Å²) in [4.78, 5) is 0. The number of fused-ring (bicyclic) bond motifs is 8. The van der Waals surface area contributed by atoms with Crippen LogP contribution < -0.4 is 0 Å². The van der Waals surface area contributed by atoms with Crippen molar-refractivity contribution in [3.8, 4) is 0 Å². The molecule has 17 nitrogen and oxygen atoms in total. The minimum atomic E-state index is -4.90. The molecular formula is C56H92O17S3. The fourth-order valence-electron chi connectivity index (χ4n) is 20.1. The SMILES string of the molecule is CC1C2[C@@H](OS(=O)(=O)O)CC3=C(CC[C@]4(C)[C@@H]([C@H](C)C5C[C@H](C)C(C)(C)CC(C)(O)C(CC[C@@H](C)[C@H]6CCC7=C8C[C@H](OS(=O)(=O)O)C9C[C@@H](O)[C@@H](OS(=O)(=O)O)C[C@]9(C)[C@H]8CC[C@@]76C)O5)CC[C@@H]34)[C@@]2(C)C[C@H](O)[C@@H]1O. The van der Waals surface area contributed by atoms with Gasteiger partial charge in [0.15, 0.2) is 0 Å². The Balaban J connectivity index is 0.956. The van der Waals surface area contributed by atoms with Crippen LogP contribution in [-0.2, 0) is 48.5 Å². The summed E-state index contributed by atoms with van der Waals surface area (Å²) in [5.74, 6) is -0.338. The van der Waals surface area contributed by atoms with Crippen molar-refractivity contribution in [3.63, 3.8) is 0 Å². The standard InChI is InChI=1S/C56H92O17S3/c1-29(35-13-15-37-33-23-45(71-74(61,62)63)41-25-42(57)47(73-76(67,68)69)27-54(41,9)39(33)18-20-52(35,37)7)12-17-48-56(11,60)28-51(5,6)30(2)22-44(70-48)31(3)36-14-16-38-34-24-46(72-75(64,65)66)49-32(4)50(59)43(58)26-55(49,10)40(34)19-21-53(36,38)8/h29-32,35-36,38-39,41-50,57-60H,12-28H2,1-11H3,(H,61,62,63)(H,64,65,66)(H,67,68,69)/t29-,30+,31+,32?,35-,36-,38+,39+,41?,42-,43+,44?,45+,46+,47+,48?,49?,50-,52-,53-,54-,55-,56?/m1/s1. The van der Waals surface area contributed by atoms with Gasteiger partial charge in [0.25, 0.3) is 0 Å². The van der Waals surface area contributed by atoms with Crippen molar-refractivity contribution in [1.82, 2.24) is 0 Å². The topological polar surface area (TPSA) is 281 Å². The second kappa shape index (κ2) is 20.1. The van der Waals surface area contributed by atoms with Gasteiger partial charge < -0.3 is 25.2 Å². The maximum atomic E-state index is 12.7. The Kier molecular flexibility index (Phi) is 15.7. The molecule has 8 aliphatic carbocycles. The van der Waals surface area contributed by atoms with Crippen LogP contribution in [0, 0.1) is 86.3 Å². The molecule has 0 radical (unpaired) electrons. The molecule has 1 saturated heterocycles. The van der Waals surface area contributed by atoms with Crippen molar-refractivity contribution in [2.75, 3.05) is 0 Å². The van der Waals surface area contributed by atoms with Crippen LogP contribution in [0.5, 0.6) is 0 Å². The van der Waals surface area contributed by atoms with E-state index in [4.69, 9.17) is 17.3 Å². The fraction of sp³-hybridized carbons (Fsp3) is 0.929. The zero-order valence-electron chi connectivity index (χ0n) is 46.9. The van der Waals surface area contributed by atoms with E-state index in [0.29, 0.717) is 19.3 Å². The number of rotatable bonds is 12. The third-order valence-corrected chi connectivity index (χ3v) is 25.3. The molecule has 5 saturated carbocycles. The molecular weight excluding hydrogens is 1040 g/mol. The van der Waals surface area contributed by atoms with Gasteiger partial charge in [0, 0.05) is 5.92 Å². The Bertz CT molecular complexity index is 2630. The lowest BCUT2D eigenvalue weighted by Crippen LogP contribution is -2.59. The van der Waals surface area contributed by atoms with Gasteiger partial charge in [-0.05, 0) is 196 Å². The second-order valence-electron chi connectivity index (χ2n) is 28.4. The number of hydrogen-bond donors (Lipinski definition) is 7. The summed E-state index contributed by atoms with van der Waals surface area (Å²) in [6.07, 6.45) is 3.39. The second-order valence-corrected chi connectivity index (χ2v) is 31.6. The van der Waals surface area contributed by atoms with Gasteiger partial charge >= 0.3 is 31.2 Å². The van der Waals surface area contributed by atoms with Gasteiger partial charge in [-0.25, -0.2) is 12.5 Å². The van der Waals surface area contributed by atoms with Crippen LogP contribution in [0.1, 0.15) is 185 Å². The highest BCUT2D eigenvalue weighted by Gasteiger charge is 2.64. The lowest BCUT2D eigenvalue weighted by Gasteiger charge is -2.59. The Morgan fingerprint density at radius 3 is 1.87 bits per heavy atom. The maximum absolute atomic E-state index is 12.7. The van der Waals surface area contributed by atoms with Gasteiger partial charge in [0.05, 0.1) is 48.3 Å². The van der Waals surface area contributed by atoms with Crippen molar-refractivity contribution < 1.29 is 76.6 Å². The molecule has 0 amide bonds. The average Bonchev–Trinajstić information content (AvgIpc) is 3.83. The molecule has 1 heterocycles. The van der Waals surface area contributed by atoms with Gasteiger partial charge in [0.1, 0.15) is 6.10 Å². The molecule has 20 heteroatoms. The zero-order chi connectivity index (χ0) is 56.1. The Morgan fingerprint density at radius 1 is 0.658 bits per heavy atom. The Labute approximate surface area is 454 Å². The van der Waals surface area contributed by atoms with E-state index in [1.54, 1.807) is 0 Å². The van der Waals surface area contributed by atoms with Crippen LogP contribution in [0.25, 0.3) is 0 Å². The van der Waals surface area contributed by atoms with Crippen molar-refractivity contribution in [1.29, 1.82) is 0 Å². The number of aliphatic hydroxyl groups is 4. The Morgan fingerprint density at radius 2 is 1.24 bits per heavy atom. The predicted octanol–water partition coefficient (Wildman–Crippen LogP) is 8.78. The molecule has 23 atom stereocenters. The van der Waals surface area contributed by atoms with Crippen LogP contribution in [0.3, 0.4) is 0 Å². The largest absolute Gasteiger partial charge is 0.397 e. The average molecular weight is 1130 g/mol. The molecule has 9 aliphatic rings. The molecule has 7 N–H and O–H groups in total. The van der Waals surface area contributed by atoms with Crippen molar-refractivity contribution in [2.24, 2.45) is 86.3 Å². The molecule has 6 unspecified atom stereocenters. The zero-order valence-corrected chi connectivity index (χ0v) is 49.3. The number of hydrogen-bond acceptors (Lipinski definition) is 14. The highest BCUT2D eigenvalue weighted by Crippen LogP contribution is 2.69. The van der Waals surface area contributed by atoms with E-state index < -0.39 is 108 Å². The highest BCUT2D eigenvalue weighted by atomic mass is 32.3. The summed E-state index contributed by atoms with van der Waals surface area (Å²) < 4.78 is 126. The number of aliphatic hydroxyl groups excluding tert-OH is 3. The molecule has 0 spiro atoms. The third kappa shape index (κ3) is 10.6. The lowest BCUT2D eigenvalue weighted by molar-refractivity contribution is -0.187. The first-order chi connectivity index (χ1) is 34.8. The van der Waals surface area contributed by atoms with Gasteiger partial charge in [-0.1, -0.05) is 91.5 Å². The van der Waals surface area contributed by atoms with Crippen LogP contribution in [0.15, 0.2) is 22.3 Å². The summed E-state index contributed by atoms with van der Waals surface area (Å²) in [6, 6.07) is 0. The van der Waals surface area contributed by atoms with E-state index in [1.807, 2.05) is 20.8 Å². The van der Waals surface area contributed by atoms with Crippen molar-refractivity contribution in [3.05, 3.63) is 22.3 Å². The number of allylic oxidation sites excluding steroid dienone is 2. The van der Waals surface area contributed by atoms with Crippen LogP contribution >= 0.6 is 0 Å². The monoisotopic (exact) mass is 1130 g/mol. The maximum Gasteiger partial charge on any atom is 0.397 e. The van der Waals surface area contributed by atoms with E-state index in [-0.39, 0.29) is 89.5 Å². The van der Waals surface area contributed by atoms with Crippen LogP contribution in [0.2, 0.25) is 0 Å². The molecule has 76 heavy (non-hydrogen) atoms. The van der Waals surface area contributed by atoms with Gasteiger partial charge in [-0.15, -0.1) is 0 Å². The van der Waals surface area contributed by atoms with E-state index in [9.17, 15) is 59.3 Å². The van der Waals surface area contributed by atoms with E-state index in [0.717, 1.165) is 69.8 Å². The summed E-state index contributed by atoms with van der Waals surface area (Å²) in [6.45, 7) is 23.9.